The fraction of sp³-hybridized carbons (Fsp3) is 0.200. The first-order valence-electron chi connectivity index (χ1n) is 6.54. The van der Waals surface area contributed by atoms with Gasteiger partial charge in [0.2, 0.25) is 0 Å². The smallest absolute Gasteiger partial charge is 0.422 e. The van der Waals surface area contributed by atoms with Gasteiger partial charge in [-0.25, -0.2) is 4.79 Å². The molecule has 1 unspecified atom stereocenters. The number of carbonyl (C=O) groups is 1. The number of aliphatic hydroxyl groups is 1. The van der Waals surface area contributed by atoms with Gasteiger partial charge < -0.3 is 14.4 Å². The molecule has 0 aliphatic heterocycles. The van der Waals surface area contributed by atoms with Crippen molar-refractivity contribution < 1.29 is 32.3 Å². The lowest BCUT2D eigenvalue weighted by atomic mass is 10.1. The number of fused-ring (bicyclic) bond motifs is 1. The SMILES string of the molecule is Cc1noc(C(F)(F)F)c1C(=O)OC1=CC(O)c2ccccc21. The molecule has 0 saturated heterocycles. The van der Waals surface area contributed by atoms with Gasteiger partial charge in [-0.1, -0.05) is 29.4 Å². The van der Waals surface area contributed by atoms with Gasteiger partial charge in [0, 0.05) is 5.56 Å². The van der Waals surface area contributed by atoms with Crippen molar-refractivity contribution in [3.05, 3.63) is 58.5 Å². The molecule has 8 heteroatoms. The highest BCUT2D eigenvalue weighted by Crippen LogP contribution is 2.37. The molecular weight excluding hydrogens is 315 g/mol. The molecule has 0 spiro atoms. The standard InChI is InChI=1S/C15H10F3NO4/c1-7-12(13(23-19-7)15(16,17)18)14(21)22-11-6-10(20)8-4-2-3-5-9(8)11/h2-6,10,20H,1H3. The summed E-state index contributed by atoms with van der Waals surface area (Å²) in [5.74, 6) is -2.76. The average molecular weight is 325 g/mol. The second-order valence-electron chi connectivity index (χ2n) is 4.92. The van der Waals surface area contributed by atoms with Crippen LogP contribution in [0.15, 0.2) is 34.9 Å². The molecule has 1 N–H and O–H groups in total. The number of nitrogens with zero attached hydrogens (tertiary/aromatic N) is 1. The van der Waals surface area contributed by atoms with Gasteiger partial charge in [-0.15, -0.1) is 0 Å². The zero-order valence-corrected chi connectivity index (χ0v) is 11.7. The maximum Gasteiger partial charge on any atom is 0.453 e. The van der Waals surface area contributed by atoms with Crippen LogP contribution in [0.3, 0.4) is 0 Å². The Bertz CT molecular complexity index is 807. The van der Waals surface area contributed by atoms with Crippen LogP contribution in [-0.2, 0) is 10.9 Å². The Balaban J connectivity index is 1.93. The molecule has 0 radical (unpaired) electrons. The van der Waals surface area contributed by atoms with E-state index in [1.165, 1.54) is 13.0 Å². The summed E-state index contributed by atoms with van der Waals surface area (Å²) in [7, 11) is 0. The van der Waals surface area contributed by atoms with E-state index >= 15 is 0 Å². The van der Waals surface area contributed by atoms with Crippen LogP contribution in [0, 0.1) is 6.92 Å². The lowest BCUT2D eigenvalue weighted by molar-refractivity contribution is -0.156. The van der Waals surface area contributed by atoms with Crippen LogP contribution in [0.5, 0.6) is 0 Å². The van der Waals surface area contributed by atoms with E-state index in [0.717, 1.165) is 0 Å². The maximum atomic E-state index is 12.8. The third-order valence-electron chi connectivity index (χ3n) is 3.38. The van der Waals surface area contributed by atoms with Crippen molar-refractivity contribution in [1.82, 2.24) is 5.16 Å². The number of carbonyl (C=O) groups excluding carboxylic acids is 1. The Kier molecular flexibility index (Phi) is 3.48. The normalized spacial score (nSPS) is 16.9. The van der Waals surface area contributed by atoms with E-state index in [0.29, 0.717) is 11.1 Å². The Hall–Kier alpha value is -2.61. The van der Waals surface area contributed by atoms with Crippen LogP contribution in [0.2, 0.25) is 0 Å². The molecular formula is C15H10F3NO4. The van der Waals surface area contributed by atoms with E-state index in [2.05, 4.69) is 9.68 Å². The molecule has 0 fully saturated rings. The third kappa shape index (κ3) is 2.61. The average Bonchev–Trinajstić information content (AvgIpc) is 3.01. The quantitative estimate of drug-likeness (QED) is 0.858. The zero-order chi connectivity index (χ0) is 16.8. The Labute approximate surface area is 128 Å². The molecule has 1 aliphatic carbocycles. The number of alkyl halides is 3. The molecule has 120 valence electrons. The Morgan fingerprint density at radius 3 is 2.74 bits per heavy atom. The topological polar surface area (TPSA) is 72.6 Å². The van der Waals surface area contributed by atoms with Gasteiger partial charge in [0.1, 0.15) is 17.4 Å². The molecule has 23 heavy (non-hydrogen) atoms. The van der Waals surface area contributed by atoms with Crippen molar-refractivity contribution in [2.45, 2.75) is 19.2 Å². The molecule has 0 saturated carbocycles. The number of benzene rings is 1. The highest BCUT2D eigenvalue weighted by atomic mass is 19.4. The van der Waals surface area contributed by atoms with Gasteiger partial charge in [-0.2, -0.15) is 13.2 Å². The van der Waals surface area contributed by atoms with E-state index in [-0.39, 0.29) is 11.5 Å². The van der Waals surface area contributed by atoms with Gasteiger partial charge >= 0.3 is 12.1 Å². The lowest BCUT2D eigenvalue weighted by Gasteiger charge is -2.08. The van der Waals surface area contributed by atoms with Gasteiger partial charge in [0.15, 0.2) is 0 Å². The molecule has 1 atom stereocenters. The van der Waals surface area contributed by atoms with Crippen LogP contribution >= 0.6 is 0 Å². The van der Waals surface area contributed by atoms with Crippen molar-refractivity contribution in [2.75, 3.05) is 0 Å². The molecule has 3 rings (SSSR count). The van der Waals surface area contributed by atoms with Crippen LogP contribution in [-0.4, -0.2) is 16.2 Å². The summed E-state index contributed by atoms with van der Waals surface area (Å²) in [5, 5.41) is 13.0. The molecule has 0 bridgehead atoms. The summed E-state index contributed by atoms with van der Waals surface area (Å²) < 4.78 is 47.7. The number of ether oxygens (including phenoxy) is 1. The first kappa shape index (κ1) is 15.3. The fourth-order valence-electron chi connectivity index (χ4n) is 2.35. The molecule has 1 aromatic carbocycles. The molecule has 5 nitrogen and oxygen atoms in total. The van der Waals surface area contributed by atoms with Gasteiger partial charge in [-0.05, 0) is 18.6 Å². The number of hydrogen-bond donors (Lipinski definition) is 1. The van der Waals surface area contributed by atoms with Crippen LogP contribution in [0.1, 0.15) is 39.0 Å². The van der Waals surface area contributed by atoms with Crippen molar-refractivity contribution in [1.29, 1.82) is 0 Å². The molecule has 1 aliphatic rings. The van der Waals surface area contributed by atoms with Crippen LogP contribution in [0.25, 0.3) is 5.76 Å². The summed E-state index contributed by atoms with van der Waals surface area (Å²) in [6.07, 6.45) is -4.60. The Morgan fingerprint density at radius 1 is 1.35 bits per heavy atom. The molecule has 1 aromatic heterocycles. The highest BCUT2D eigenvalue weighted by Gasteiger charge is 2.43. The van der Waals surface area contributed by atoms with Crippen molar-refractivity contribution in [3.8, 4) is 0 Å². The molecule has 0 amide bonds. The first-order chi connectivity index (χ1) is 10.8. The molecule has 1 heterocycles. The highest BCUT2D eigenvalue weighted by molar-refractivity contribution is 5.95. The second-order valence-corrected chi connectivity index (χ2v) is 4.92. The largest absolute Gasteiger partial charge is 0.453 e. The summed E-state index contributed by atoms with van der Waals surface area (Å²) in [5.41, 5.74) is -0.0589. The number of aryl methyl sites for hydroxylation is 1. The van der Waals surface area contributed by atoms with Crippen molar-refractivity contribution in [3.63, 3.8) is 0 Å². The Morgan fingerprint density at radius 2 is 2.04 bits per heavy atom. The van der Waals surface area contributed by atoms with E-state index in [9.17, 15) is 23.1 Å². The van der Waals surface area contributed by atoms with E-state index in [1.807, 2.05) is 0 Å². The van der Waals surface area contributed by atoms with Crippen LogP contribution in [0.4, 0.5) is 13.2 Å². The number of rotatable bonds is 2. The lowest BCUT2D eigenvalue weighted by Crippen LogP contribution is -2.13. The van der Waals surface area contributed by atoms with Crippen molar-refractivity contribution >= 4 is 11.7 Å². The summed E-state index contributed by atoms with van der Waals surface area (Å²) in [6.45, 7) is 1.21. The second kappa shape index (κ2) is 5.24. The third-order valence-corrected chi connectivity index (χ3v) is 3.38. The first-order valence-corrected chi connectivity index (χ1v) is 6.54. The number of aliphatic hydroxyl groups excluding tert-OH is 1. The minimum atomic E-state index is -4.86. The maximum absolute atomic E-state index is 12.8. The fourth-order valence-corrected chi connectivity index (χ4v) is 2.35. The van der Waals surface area contributed by atoms with Crippen molar-refractivity contribution in [2.24, 2.45) is 0 Å². The minimum Gasteiger partial charge on any atom is -0.422 e. The zero-order valence-electron chi connectivity index (χ0n) is 11.7. The van der Waals surface area contributed by atoms with E-state index in [1.54, 1.807) is 24.3 Å². The predicted molar refractivity (Wildman–Crippen MR) is 71.0 cm³/mol. The van der Waals surface area contributed by atoms with Crippen LogP contribution < -0.4 is 0 Å². The van der Waals surface area contributed by atoms with E-state index in [4.69, 9.17) is 4.74 Å². The number of hydrogen-bond acceptors (Lipinski definition) is 5. The minimum absolute atomic E-state index is 0.00757. The summed E-state index contributed by atoms with van der Waals surface area (Å²) in [4.78, 5) is 12.1. The number of esters is 1. The van der Waals surface area contributed by atoms with Gasteiger partial charge in [0.05, 0.1) is 5.69 Å². The monoisotopic (exact) mass is 325 g/mol. The van der Waals surface area contributed by atoms with Gasteiger partial charge in [-0.3, -0.25) is 0 Å². The summed E-state index contributed by atoms with van der Waals surface area (Å²) in [6, 6.07) is 6.57. The van der Waals surface area contributed by atoms with E-state index < -0.39 is 29.6 Å². The number of halogens is 3. The number of aromatic nitrogens is 1. The predicted octanol–water partition coefficient (Wildman–Crippen LogP) is 3.25. The molecule has 2 aromatic rings. The summed E-state index contributed by atoms with van der Waals surface area (Å²) >= 11 is 0. The van der Waals surface area contributed by atoms with Gasteiger partial charge in [0.25, 0.3) is 5.76 Å².